The van der Waals surface area contributed by atoms with Gasteiger partial charge in [-0.05, 0) is 19.3 Å². The molecule has 4 heteroatoms. The lowest BCUT2D eigenvalue weighted by atomic mass is 9.72. The number of hydrogen-bond donors (Lipinski definition) is 1. The molecule has 0 amide bonds. The maximum Gasteiger partial charge on any atom is 0.0607 e. The van der Waals surface area contributed by atoms with E-state index in [-0.39, 0.29) is 5.54 Å². The van der Waals surface area contributed by atoms with Gasteiger partial charge in [0.15, 0.2) is 0 Å². The van der Waals surface area contributed by atoms with Gasteiger partial charge < -0.3 is 10.5 Å². The van der Waals surface area contributed by atoms with Crippen LogP contribution in [0.3, 0.4) is 0 Å². The normalized spacial score (nSPS) is 40.7. The molecule has 0 aromatic rings. The first-order valence-corrected chi connectivity index (χ1v) is 7.38. The zero-order valence-corrected chi connectivity index (χ0v) is 11.3. The van der Waals surface area contributed by atoms with Crippen molar-refractivity contribution >= 4 is 11.8 Å². The van der Waals surface area contributed by atoms with E-state index in [0.29, 0.717) is 6.10 Å². The quantitative estimate of drug-likeness (QED) is 0.809. The minimum atomic E-state index is 0.259. The zero-order valence-electron chi connectivity index (χ0n) is 10.4. The first kappa shape index (κ1) is 12.7. The number of rotatable bonds is 4. The monoisotopic (exact) mass is 244 g/mol. The van der Waals surface area contributed by atoms with Crippen LogP contribution in [-0.2, 0) is 4.74 Å². The molecular formula is C12H24N2OS. The van der Waals surface area contributed by atoms with Crippen molar-refractivity contribution in [1.82, 2.24) is 4.90 Å². The summed E-state index contributed by atoms with van der Waals surface area (Å²) >= 11 is 2.12. The third-order valence-corrected chi connectivity index (χ3v) is 5.57. The van der Waals surface area contributed by atoms with E-state index in [4.69, 9.17) is 10.5 Å². The first-order chi connectivity index (χ1) is 7.74. The van der Waals surface area contributed by atoms with E-state index in [1.165, 1.54) is 25.3 Å². The second kappa shape index (κ2) is 5.25. The van der Waals surface area contributed by atoms with Crippen molar-refractivity contribution < 1.29 is 4.74 Å². The molecule has 2 fully saturated rings. The second-order valence-electron chi connectivity index (χ2n) is 5.04. The van der Waals surface area contributed by atoms with Crippen LogP contribution >= 0.6 is 11.8 Å². The van der Waals surface area contributed by atoms with Crippen LogP contribution in [0, 0.1) is 0 Å². The predicted molar refractivity (Wildman–Crippen MR) is 69.9 cm³/mol. The van der Waals surface area contributed by atoms with Gasteiger partial charge in [-0.3, -0.25) is 4.90 Å². The lowest BCUT2D eigenvalue weighted by molar-refractivity contribution is -0.0861. The number of hydrogen-bond acceptors (Lipinski definition) is 4. The molecule has 0 radical (unpaired) electrons. The molecule has 1 aliphatic carbocycles. The van der Waals surface area contributed by atoms with E-state index in [1.807, 2.05) is 7.11 Å². The van der Waals surface area contributed by atoms with Gasteiger partial charge >= 0.3 is 0 Å². The Labute approximate surface area is 103 Å². The molecule has 1 heterocycles. The molecule has 94 valence electrons. The molecule has 0 spiro atoms. The smallest absolute Gasteiger partial charge is 0.0607 e. The van der Waals surface area contributed by atoms with Crippen molar-refractivity contribution in [3.63, 3.8) is 0 Å². The highest BCUT2D eigenvalue weighted by atomic mass is 32.2. The summed E-state index contributed by atoms with van der Waals surface area (Å²) in [6.45, 7) is 5.49. The molecule has 1 aliphatic heterocycles. The standard InChI is InChI=1S/C12H24N2OS/c1-3-11-8-14(4-5-16-11)12(9-13)6-10(7-12)15-2/h10-11H,3-9,13H2,1-2H3. The van der Waals surface area contributed by atoms with Crippen LogP contribution < -0.4 is 5.73 Å². The average Bonchev–Trinajstić information content (AvgIpc) is 2.29. The molecule has 2 rings (SSSR count). The van der Waals surface area contributed by atoms with Crippen LogP contribution in [0.15, 0.2) is 0 Å². The molecule has 2 N–H and O–H groups in total. The van der Waals surface area contributed by atoms with E-state index in [9.17, 15) is 0 Å². The van der Waals surface area contributed by atoms with Gasteiger partial charge in [-0.15, -0.1) is 0 Å². The Morgan fingerprint density at radius 3 is 2.81 bits per heavy atom. The largest absolute Gasteiger partial charge is 0.381 e. The summed E-state index contributed by atoms with van der Waals surface area (Å²) in [6, 6.07) is 0. The summed E-state index contributed by atoms with van der Waals surface area (Å²) in [5, 5.41) is 0.804. The minimum Gasteiger partial charge on any atom is -0.381 e. The average molecular weight is 244 g/mol. The second-order valence-corrected chi connectivity index (χ2v) is 6.45. The molecule has 1 unspecified atom stereocenters. The topological polar surface area (TPSA) is 38.5 Å². The van der Waals surface area contributed by atoms with Crippen LogP contribution in [0.25, 0.3) is 0 Å². The highest BCUT2D eigenvalue weighted by molar-refractivity contribution is 8.00. The molecule has 1 saturated heterocycles. The number of nitrogens with two attached hydrogens (primary N) is 1. The van der Waals surface area contributed by atoms with E-state index in [0.717, 1.165) is 24.6 Å². The summed E-state index contributed by atoms with van der Waals surface area (Å²) < 4.78 is 5.40. The Morgan fingerprint density at radius 1 is 1.50 bits per heavy atom. The number of thioether (sulfide) groups is 1. The van der Waals surface area contributed by atoms with E-state index >= 15 is 0 Å². The lowest BCUT2D eigenvalue weighted by Gasteiger charge is -2.55. The molecule has 16 heavy (non-hydrogen) atoms. The Morgan fingerprint density at radius 2 is 2.25 bits per heavy atom. The summed E-state index contributed by atoms with van der Waals surface area (Å²) in [4.78, 5) is 2.63. The fraction of sp³-hybridized carbons (Fsp3) is 1.00. The Bertz CT molecular complexity index is 231. The molecule has 0 aromatic carbocycles. The molecule has 3 nitrogen and oxygen atoms in total. The van der Waals surface area contributed by atoms with Crippen molar-refractivity contribution in [1.29, 1.82) is 0 Å². The van der Waals surface area contributed by atoms with Crippen molar-refractivity contribution in [2.45, 2.75) is 43.1 Å². The Balaban J connectivity index is 1.94. The Kier molecular flexibility index (Phi) is 4.16. The van der Waals surface area contributed by atoms with Crippen LogP contribution in [0.5, 0.6) is 0 Å². The van der Waals surface area contributed by atoms with Gasteiger partial charge in [0.2, 0.25) is 0 Å². The lowest BCUT2D eigenvalue weighted by Crippen LogP contribution is -2.66. The maximum atomic E-state index is 6.00. The molecule has 1 saturated carbocycles. The van der Waals surface area contributed by atoms with Gasteiger partial charge in [0, 0.05) is 43.3 Å². The third kappa shape index (κ3) is 2.26. The van der Waals surface area contributed by atoms with Crippen LogP contribution in [0.4, 0.5) is 0 Å². The minimum absolute atomic E-state index is 0.259. The number of methoxy groups -OCH3 is 1. The van der Waals surface area contributed by atoms with Crippen LogP contribution in [-0.4, -0.2) is 54.3 Å². The van der Waals surface area contributed by atoms with Gasteiger partial charge in [-0.25, -0.2) is 0 Å². The first-order valence-electron chi connectivity index (χ1n) is 6.33. The molecule has 1 atom stereocenters. The number of ether oxygens (including phenoxy) is 1. The fourth-order valence-electron chi connectivity index (χ4n) is 2.91. The molecular weight excluding hydrogens is 220 g/mol. The molecule has 0 aromatic heterocycles. The van der Waals surface area contributed by atoms with Crippen molar-refractivity contribution in [3.8, 4) is 0 Å². The van der Waals surface area contributed by atoms with Gasteiger partial charge in [0.05, 0.1) is 6.10 Å². The van der Waals surface area contributed by atoms with Crippen molar-refractivity contribution in [3.05, 3.63) is 0 Å². The Hall–Kier alpha value is 0.230. The zero-order chi connectivity index (χ0) is 11.6. The summed E-state index contributed by atoms with van der Waals surface area (Å²) in [6.07, 6.45) is 3.97. The van der Waals surface area contributed by atoms with Crippen molar-refractivity contribution in [2.24, 2.45) is 5.73 Å². The summed E-state index contributed by atoms with van der Waals surface area (Å²) in [7, 11) is 1.81. The van der Waals surface area contributed by atoms with Gasteiger partial charge in [0.25, 0.3) is 0 Å². The van der Waals surface area contributed by atoms with E-state index in [2.05, 4.69) is 23.6 Å². The van der Waals surface area contributed by atoms with E-state index < -0.39 is 0 Å². The summed E-state index contributed by atoms with van der Waals surface area (Å²) in [5.41, 5.74) is 6.26. The van der Waals surface area contributed by atoms with Crippen LogP contribution in [0.2, 0.25) is 0 Å². The SMILES string of the molecule is CCC1CN(C2(CN)CC(OC)C2)CCS1. The van der Waals surface area contributed by atoms with Gasteiger partial charge in [-0.1, -0.05) is 6.92 Å². The maximum absolute atomic E-state index is 6.00. The third-order valence-electron chi connectivity index (χ3n) is 4.19. The van der Waals surface area contributed by atoms with Crippen LogP contribution in [0.1, 0.15) is 26.2 Å². The highest BCUT2D eigenvalue weighted by Gasteiger charge is 2.48. The summed E-state index contributed by atoms with van der Waals surface area (Å²) in [5.74, 6) is 1.26. The van der Waals surface area contributed by atoms with Crippen molar-refractivity contribution in [2.75, 3.05) is 32.5 Å². The fourth-order valence-corrected chi connectivity index (χ4v) is 4.09. The van der Waals surface area contributed by atoms with Gasteiger partial charge in [-0.2, -0.15) is 11.8 Å². The van der Waals surface area contributed by atoms with Gasteiger partial charge in [0.1, 0.15) is 0 Å². The highest BCUT2D eigenvalue weighted by Crippen LogP contribution is 2.41. The molecule has 0 bridgehead atoms. The number of nitrogens with zero attached hydrogens (tertiary/aromatic N) is 1. The molecule has 2 aliphatic rings. The predicted octanol–water partition coefficient (Wildman–Crippen LogP) is 1.32. The van der Waals surface area contributed by atoms with E-state index in [1.54, 1.807) is 0 Å².